The van der Waals surface area contributed by atoms with E-state index in [2.05, 4.69) is 33.8 Å². The summed E-state index contributed by atoms with van der Waals surface area (Å²) >= 11 is 0. The first-order valence-corrected chi connectivity index (χ1v) is 7.94. The Balaban J connectivity index is 1.88. The van der Waals surface area contributed by atoms with Gasteiger partial charge in [-0.1, -0.05) is 13.8 Å². The van der Waals surface area contributed by atoms with Crippen LogP contribution < -0.4 is 10.5 Å². The predicted octanol–water partition coefficient (Wildman–Crippen LogP) is 2.55. The van der Waals surface area contributed by atoms with Crippen LogP contribution in [-0.4, -0.2) is 32.4 Å². The van der Waals surface area contributed by atoms with Crippen LogP contribution in [-0.2, 0) is 4.79 Å². The van der Waals surface area contributed by atoms with Crippen molar-refractivity contribution in [2.75, 3.05) is 6.61 Å². The van der Waals surface area contributed by atoms with Crippen molar-refractivity contribution in [1.82, 2.24) is 19.9 Å². The second-order valence-corrected chi connectivity index (χ2v) is 6.02. The van der Waals surface area contributed by atoms with E-state index in [-0.39, 0.29) is 0 Å². The molecule has 0 aliphatic heterocycles. The lowest BCUT2D eigenvalue weighted by molar-refractivity contribution is -0.113. The van der Waals surface area contributed by atoms with Crippen molar-refractivity contribution in [3.8, 4) is 17.1 Å². The topological polar surface area (TPSA) is 107 Å². The third kappa shape index (κ3) is 4.00. The third-order valence-corrected chi connectivity index (χ3v) is 3.43. The van der Waals surface area contributed by atoms with Gasteiger partial charge < -0.3 is 15.5 Å². The largest absolute Gasteiger partial charge is 0.477 e. The van der Waals surface area contributed by atoms with Gasteiger partial charge in [-0.25, -0.2) is 15.0 Å². The number of nitrogens with two attached hydrogens (primary N) is 1. The van der Waals surface area contributed by atoms with Gasteiger partial charge in [-0.3, -0.25) is 4.79 Å². The average Bonchev–Trinajstić information content (AvgIpc) is 3.01. The second kappa shape index (κ2) is 7.12. The number of carbonyl (C=O) groups is 1. The van der Waals surface area contributed by atoms with E-state index in [1.165, 1.54) is 6.08 Å². The molecular formula is C18H19N5O2. The molecular weight excluding hydrogens is 318 g/mol. The maximum Gasteiger partial charge on any atom is 0.241 e. The van der Waals surface area contributed by atoms with Crippen LogP contribution in [0.15, 0.2) is 36.8 Å². The summed E-state index contributed by atoms with van der Waals surface area (Å²) in [6, 6.07) is 3.71. The van der Waals surface area contributed by atoms with E-state index >= 15 is 0 Å². The molecule has 3 rings (SSSR count). The summed E-state index contributed by atoms with van der Waals surface area (Å²) in [5, 5.41) is 0. The SMILES string of the molecule is CC(C)COc1ccc(-c2cnc3[nH]cc(C=CC(N)=O)c3n2)cn1. The molecule has 0 bridgehead atoms. The van der Waals surface area contributed by atoms with E-state index in [9.17, 15) is 4.79 Å². The van der Waals surface area contributed by atoms with Crippen LogP contribution in [0.2, 0.25) is 0 Å². The van der Waals surface area contributed by atoms with E-state index in [1.807, 2.05) is 12.1 Å². The summed E-state index contributed by atoms with van der Waals surface area (Å²) in [6.07, 6.45) is 8.01. The molecule has 0 aliphatic rings. The van der Waals surface area contributed by atoms with Crippen LogP contribution in [0.5, 0.6) is 5.88 Å². The molecule has 0 atom stereocenters. The number of primary amides is 1. The summed E-state index contributed by atoms with van der Waals surface area (Å²) in [6.45, 7) is 4.79. The van der Waals surface area contributed by atoms with Crippen molar-refractivity contribution in [2.24, 2.45) is 11.7 Å². The molecule has 1 amide bonds. The number of nitrogens with one attached hydrogen (secondary N) is 1. The summed E-state index contributed by atoms with van der Waals surface area (Å²) < 4.78 is 5.58. The molecule has 0 radical (unpaired) electrons. The van der Waals surface area contributed by atoms with Crippen LogP contribution in [0.25, 0.3) is 28.5 Å². The quantitative estimate of drug-likeness (QED) is 0.672. The minimum absolute atomic E-state index is 0.440. The van der Waals surface area contributed by atoms with E-state index < -0.39 is 5.91 Å². The van der Waals surface area contributed by atoms with Gasteiger partial charge in [0.1, 0.15) is 5.52 Å². The zero-order valence-corrected chi connectivity index (χ0v) is 14.1. The first kappa shape index (κ1) is 16.6. The second-order valence-electron chi connectivity index (χ2n) is 6.02. The molecule has 0 unspecified atom stereocenters. The molecule has 25 heavy (non-hydrogen) atoms. The van der Waals surface area contributed by atoms with E-state index in [4.69, 9.17) is 10.5 Å². The van der Waals surface area contributed by atoms with Gasteiger partial charge in [0.25, 0.3) is 0 Å². The van der Waals surface area contributed by atoms with Gasteiger partial charge in [-0.15, -0.1) is 0 Å². The van der Waals surface area contributed by atoms with Crippen molar-refractivity contribution < 1.29 is 9.53 Å². The molecule has 3 aromatic rings. The Bertz CT molecular complexity index is 913. The van der Waals surface area contributed by atoms with Crippen LogP contribution in [0.1, 0.15) is 19.4 Å². The smallest absolute Gasteiger partial charge is 0.241 e. The molecule has 7 nitrogen and oxygen atoms in total. The van der Waals surface area contributed by atoms with Gasteiger partial charge in [0.05, 0.1) is 18.5 Å². The zero-order chi connectivity index (χ0) is 17.8. The first-order chi connectivity index (χ1) is 12.0. The number of rotatable bonds is 6. The fourth-order valence-electron chi connectivity index (χ4n) is 2.22. The third-order valence-electron chi connectivity index (χ3n) is 3.43. The summed E-state index contributed by atoms with van der Waals surface area (Å²) in [5.41, 5.74) is 8.70. The van der Waals surface area contributed by atoms with Gasteiger partial charge in [0.2, 0.25) is 11.8 Å². The lowest BCUT2D eigenvalue weighted by atomic mass is 10.2. The number of aromatic amines is 1. The molecule has 0 fully saturated rings. The Kier molecular flexibility index (Phi) is 4.74. The standard InChI is InChI=1S/C18H19N5O2/c1-11(2)10-25-16-6-4-12(7-20-16)14-9-22-18-17(23-14)13(8-21-18)3-5-15(19)24/h3-9,11H,10H2,1-2H3,(H2,19,24)(H,21,22). The Labute approximate surface area is 145 Å². The van der Waals surface area contributed by atoms with E-state index in [0.29, 0.717) is 35.3 Å². The number of nitrogens with zero attached hydrogens (tertiary/aromatic N) is 3. The highest BCUT2D eigenvalue weighted by atomic mass is 16.5. The molecule has 7 heteroatoms. The first-order valence-electron chi connectivity index (χ1n) is 7.94. The summed E-state index contributed by atoms with van der Waals surface area (Å²) in [4.78, 5) is 27.2. The van der Waals surface area contributed by atoms with Gasteiger partial charge in [-0.2, -0.15) is 0 Å². The molecule has 0 aromatic carbocycles. The summed E-state index contributed by atoms with van der Waals surface area (Å²) in [5.74, 6) is 0.507. The number of carbonyl (C=O) groups excluding carboxylic acids is 1. The summed E-state index contributed by atoms with van der Waals surface area (Å²) in [7, 11) is 0. The maximum atomic E-state index is 10.9. The number of fused-ring (bicyclic) bond motifs is 1. The minimum atomic E-state index is -0.514. The highest BCUT2D eigenvalue weighted by molar-refractivity contribution is 5.93. The lowest BCUT2D eigenvalue weighted by Gasteiger charge is -2.08. The molecule has 0 saturated heterocycles. The highest BCUT2D eigenvalue weighted by Gasteiger charge is 2.08. The molecule has 3 aromatic heterocycles. The molecule has 128 valence electrons. The number of aromatic nitrogens is 4. The van der Waals surface area contributed by atoms with Gasteiger partial charge in [0, 0.05) is 35.7 Å². The van der Waals surface area contributed by atoms with Gasteiger partial charge in [0.15, 0.2) is 5.65 Å². The molecule has 0 spiro atoms. The van der Waals surface area contributed by atoms with Crippen molar-refractivity contribution in [3.05, 3.63) is 42.4 Å². The van der Waals surface area contributed by atoms with Gasteiger partial charge >= 0.3 is 0 Å². The number of hydrogen-bond acceptors (Lipinski definition) is 5. The Morgan fingerprint density at radius 1 is 1.32 bits per heavy atom. The van der Waals surface area contributed by atoms with Crippen LogP contribution in [0, 0.1) is 5.92 Å². The number of ether oxygens (including phenoxy) is 1. The van der Waals surface area contributed by atoms with Crippen molar-refractivity contribution >= 4 is 23.1 Å². The Hall–Kier alpha value is -3.22. The van der Waals surface area contributed by atoms with E-state index in [1.54, 1.807) is 24.7 Å². The van der Waals surface area contributed by atoms with E-state index in [0.717, 1.165) is 11.1 Å². The lowest BCUT2D eigenvalue weighted by Crippen LogP contribution is -2.05. The number of H-pyrrole nitrogens is 1. The van der Waals surface area contributed by atoms with Crippen molar-refractivity contribution in [1.29, 1.82) is 0 Å². The number of hydrogen-bond donors (Lipinski definition) is 2. The highest BCUT2D eigenvalue weighted by Crippen LogP contribution is 2.22. The number of pyridine rings is 1. The fraction of sp³-hybridized carbons (Fsp3) is 0.222. The maximum absolute atomic E-state index is 10.9. The van der Waals surface area contributed by atoms with Gasteiger partial charge in [-0.05, 0) is 18.1 Å². The van der Waals surface area contributed by atoms with Crippen molar-refractivity contribution in [3.63, 3.8) is 0 Å². The molecule has 3 heterocycles. The monoisotopic (exact) mass is 337 g/mol. The Morgan fingerprint density at radius 2 is 2.16 bits per heavy atom. The fourth-order valence-corrected chi connectivity index (χ4v) is 2.22. The Morgan fingerprint density at radius 3 is 2.84 bits per heavy atom. The average molecular weight is 337 g/mol. The number of amides is 1. The molecule has 0 aliphatic carbocycles. The molecule has 3 N–H and O–H groups in total. The minimum Gasteiger partial charge on any atom is -0.477 e. The zero-order valence-electron chi connectivity index (χ0n) is 14.1. The van der Waals surface area contributed by atoms with Crippen molar-refractivity contribution in [2.45, 2.75) is 13.8 Å². The normalized spacial score (nSPS) is 11.5. The predicted molar refractivity (Wildman–Crippen MR) is 95.7 cm³/mol. The van der Waals surface area contributed by atoms with Crippen LogP contribution in [0.4, 0.5) is 0 Å². The molecule has 0 saturated carbocycles. The van der Waals surface area contributed by atoms with Crippen LogP contribution >= 0.6 is 0 Å². The van der Waals surface area contributed by atoms with Crippen LogP contribution in [0.3, 0.4) is 0 Å².